The van der Waals surface area contributed by atoms with Crippen LogP contribution in [0.25, 0.3) is 0 Å². The molecule has 0 bridgehead atoms. The van der Waals surface area contributed by atoms with Gasteiger partial charge in [0.25, 0.3) is 5.91 Å². The summed E-state index contributed by atoms with van der Waals surface area (Å²) in [7, 11) is 2.30. The summed E-state index contributed by atoms with van der Waals surface area (Å²) in [6.45, 7) is 1.29. The van der Waals surface area contributed by atoms with Gasteiger partial charge in [0.1, 0.15) is 0 Å². The van der Waals surface area contributed by atoms with Crippen molar-refractivity contribution >= 4 is 21.1 Å². The van der Waals surface area contributed by atoms with E-state index in [4.69, 9.17) is 0 Å². The summed E-state index contributed by atoms with van der Waals surface area (Å²) in [5.74, 6) is 0.398. The van der Waals surface area contributed by atoms with Gasteiger partial charge in [-0.25, -0.2) is 4.45 Å². The number of aromatic nitrogens is 3. The predicted octanol–water partition coefficient (Wildman–Crippen LogP) is -0.928. The Morgan fingerprint density at radius 1 is 1.42 bits per heavy atom. The van der Waals surface area contributed by atoms with Crippen molar-refractivity contribution in [2.24, 2.45) is 0 Å². The van der Waals surface area contributed by atoms with Crippen molar-refractivity contribution in [3.05, 3.63) is 5.69 Å². The van der Waals surface area contributed by atoms with Crippen LogP contribution in [0.1, 0.15) is 10.5 Å². The molecule has 0 aliphatic carbocycles. The van der Waals surface area contributed by atoms with E-state index in [0.717, 1.165) is 0 Å². The second kappa shape index (κ2) is 2.71. The van der Waals surface area contributed by atoms with E-state index < -0.39 is 0 Å². The first-order valence-electron chi connectivity index (χ1n) is 3.52. The van der Waals surface area contributed by atoms with Crippen LogP contribution in [-0.4, -0.2) is 33.8 Å². The minimum absolute atomic E-state index is 0.144. The summed E-state index contributed by atoms with van der Waals surface area (Å²) >= 11 is 0. The zero-order valence-corrected chi connectivity index (χ0v) is 7.40. The number of hydrogen-bond donors (Lipinski definition) is 2. The van der Waals surface area contributed by atoms with E-state index in [1.165, 1.54) is 4.45 Å². The van der Waals surface area contributed by atoms with Crippen LogP contribution in [0.2, 0.25) is 0 Å². The molecule has 1 aromatic rings. The molecule has 0 radical (unpaired) electrons. The number of nitrogens with one attached hydrogen (secondary N) is 2. The number of nitrogens with zero attached hydrogens (tertiary/aromatic N) is 3. The fourth-order valence-electron chi connectivity index (χ4n) is 1.06. The second-order valence-corrected chi connectivity index (χ2v) is 2.90. The zero-order chi connectivity index (χ0) is 8.55. The molecule has 0 fully saturated rings. The molecule has 64 valence electrons. The normalized spacial score (nSPS) is 15.9. The van der Waals surface area contributed by atoms with Crippen molar-refractivity contribution in [2.45, 2.75) is 0 Å². The molecule has 12 heavy (non-hydrogen) atoms. The number of rotatable bonds is 0. The van der Waals surface area contributed by atoms with Gasteiger partial charge in [0, 0.05) is 13.1 Å². The van der Waals surface area contributed by atoms with E-state index in [9.17, 15) is 4.79 Å². The van der Waals surface area contributed by atoms with Crippen molar-refractivity contribution in [3.63, 3.8) is 0 Å². The molecule has 6 nitrogen and oxygen atoms in total. The molecular weight excluding hydrogens is 177 g/mol. The summed E-state index contributed by atoms with van der Waals surface area (Å²) in [6, 6.07) is 0. The summed E-state index contributed by atoms with van der Waals surface area (Å²) in [5.41, 5.74) is 0.456. The lowest BCUT2D eigenvalue weighted by atomic mass is 10.4. The van der Waals surface area contributed by atoms with Gasteiger partial charge in [-0.05, 0) is 9.39 Å². The molecule has 1 aliphatic rings. The number of amides is 1. The molecule has 0 spiro atoms. The maximum absolute atomic E-state index is 11.3. The average Bonchev–Trinajstić information content (AvgIpc) is 2.29. The number of carbonyl (C=O) groups excluding carboxylic acids is 1. The van der Waals surface area contributed by atoms with Crippen LogP contribution in [0, 0.1) is 0 Å². The molecule has 1 aliphatic heterocycles. The van der Waals surface area contributed by atoms with Crippen LogP contribution in [0.15, 0.2) is 0 Å². The SMILES string of the molecule is O=C1NCCNc2nnn(P)c21. The van der Waals surface area contributed by atoms with Crippen LogP contribution >= 0.6 is 9.39 Å². The number of hydrogen-bond acceptors (Lipinski definition) is 4. The van der Waals surface area contributed by atoms with E-state index in [1.807, 2.05) is 0 Å². The molecule has 0 saturated carbocycles. The van der Waals surface area contributed by atoms with Crippen molar-refractivity contribution in [2.75, 3.05) is 18.4 Å². The molecule has 2 heterocycles. The molecular formula is C5H8N5OP. The molecule has 7 heteroatoms. The van der Waals surface area contributed by atoms with Gasteiger partial charge in [-0.1, -0.05) is 5.21 Å². The zero-order valence-electron chi connectivity index (χ0n) is 6.24. The highest BCUT2D eigenvalue weighted by Crippen LogP contribution is 2.14. The minimum Gasteiger partial charge on any atom is -0.365 e. The third-order valence-electron chi connectivity index (χ3n) is 1.61. The van der Waals surface area contributed by atoms with Crippen molar-refractivity contribution in [1.82, 2.24) is 20.1 Å². The highest BCUT2D eigenvalue weighted by Gasteiger charge is 2.20. The molecule has 2 rings (SSSR count). The lowest BCUT2D eigenvalue weighted by Crippen LogP contribution is -2.26. The maximum Gasteiger partial charge on any atom is 0.273 e. The summed E-state index contributed by atoms with van der Waals surface area (Å²) in [5, 5.41) is 13.2. The van der Waals surface area contributed by atoms with Crippen LogP contribution in [0.3, 0.4) is 0 Å². The fraction of sp³-hybridized carbons (Fsp3) is 0.400. The lowest BCUT2D eigenvalue weighted by molar-refractivity contribution is 0.0952. The first-order chi connectivity index (χ1) is 5.79. The van der Waals surface area contributed by atoms with Gasteiger partial charge in [-0.15, -0.1) is 5.10 Å². The van der Waals surface area contributed by atoms with Crippen LogP contribution in [-0.2, 0) is 0 Å². The fourth-order valence-corrected chi connectivity index (χ4v) is 1.36. The third-order valence-corrected chi connectivity index (χ3v) is 1.97. The van der Waals surface area contributed by atoms with E-state index in [2.05, 4.69) is 30.3 Å². The van der Waals surface area contributed by atoms with Gasteiger partial charge >= 0.3 is 0 Å². The molecule has 0 saturated heterocycles. The summed E-state index contributed by atoms with van der Waals surface area (Å²) in [4.78, 5) is 11.3. The highest BCUT2D eigenvalue weighted by molar-refractivity contribution is 7.14. The number of anilines is 1. The van der Waals surface area contributed by atoms with Gasteiger partial charge in [0.05, 0.1) is 0 Å². The van der Waals surface area contributed by atoms with Crippen molar-refractivity contribution < 1.29 is 4.79 Å². The van der Waals surface area contributed by atoms with Crippen molar-refractivity contribution in [3.8, 4) is 0 Å². The molecule has 1 amide bonds. The summed E-state index contributed by atoms with van der Waals surface area (Å²) < 4.78 is 1.38. The topological polar surface area (TPSA) is 71.8 Å². The number of fused-ring (bicyclic) bond motifs is 1. The van der Waals surface area contributed by atoms with Crippen LogP contribution < -0.4 is 10.6 Å². The molecule has 1 aromatic heterocycles. The molecule has 1 unspecified atom stereocenters. The largest absolute Gasteiger partial charge is 0.365 e. The van der Waals surface area contributed by atoms with E-state index in [-0.39, 0.29) is 5.91 Å². The van der Waals surface area contributed by atoms with Gasteiger partial charge in [-0.2, -0.15) is 0 Å². The smallest absolute Gasteiger partial charge is 0.273 e. The Kier molecular flexibility index (Phi) is 1.69. The molecule has 0 aromatic carbocycles. The summed E-state index contributed by atoms with van der Waals surface area (Å²) in [6.07, 6.45) is 0. The van der Waals surface area contributed by atoms with Gasteiger partial charge in [0.2, 0.25) is 0 Å². The van der Waals surface area contributed by atoms with Crippen LogP contribution in [0.4, 0.5) is 5.82 Å². The minimum atomic E-state index is -0.144. The Morgan fingerprint density at radius 3 is 3.00 bits per heavy atom. The average molecular weight is 185 g/mol. The van der Waals surface area contributed by atoms with Crippen LogP contribution in [0.5, 0.6) is 0 Å². The Balaban J connectivity index is 2.49. The first-order valence-corrected chi connectivity index (χ1v) is 4.03. The van der Waals surface area contributed by atoms with E-state index in [0.29, 0.717) is 24.6 Å². The Labute approximate surface area is 71.0 Å². The maximum atomic E-state index is 11.3. The monoisotopic (exact) mass is 185 g/mol. The third kappa shape index (κ3) is 1.04. The Morgan fingerprint density at radius 2 is 2.17 bits per heavy atom. The highest BCUT2D eigenvalue weighted by atomic mass is 31.0. The van der Waals surface area contributed by atoms with Crippen molar-refractivity contribution in [1.29, 1.82) is 0 Å². The van der Waals surface area contributed by atoms with Gasteiger partial charge in [0.15, 0.2) is 11.5 Å². The Hall–Kier alpha value is -1.16. The second-order valence-electron chi connectivity index (χ2n) is 2.41. The van der Waals surface area contributed by atoms with Gasteiger partial charge in [-0.3, -0.25) is 4.79 Å². The quantitative estimate of drug-likeness (QED) is 0.512. The lowest BCUT2D eigenvalue weighted by Gasteiger charge is -1.97. The predicted molar refractivity (Wildman–Crippen MR) is 46.0 cm³/mol. The van der Waals surface area contributed by atoms with Gasteiger partial charge < -0.3 is 10.6 Å². The molecule has 1 atom stereocenters. The first kappa shape index (κ1) is 7.49. The van der Waals surface area contributed by atoms with E-state index >= 15 is 0 Å². The molecule has 2 N–H and O–H groups in total. The van der Waals surface area contributed by atoms with E-state index in [1.54, 1.807) is 0 Å². The number of carbonyl (C=O) groups is 1. The Bertz CT molecular complexity index is 322. The standard InChI is InChI=1S/C5H8N5OP/c11-5-3-4(6-1-2-7-5)8-9-10(3)12/h6H,1-2,12H2,(H,7,11).